The number of ether oxygens (including phenoxy) is 2. The van der Waals surface area contributed by atoms with E-state index in [4.69, 9.17) is 32.7 Å². The fourth-order valence-corrected chi connectivity index (χ4v) is 2.85. The predicted molar refractivity (Wildman–Crippen MR) is 94.3 cm³/mol. The van der Waals surface area contributed by atoms with Crippen LogP contribution in [0.25, 0.3) is 10.9 Å². The normalized spacial score (nSPS) is 10.9. The Kier molecular flexibility index (Phi) is 6.13. The summed E-state index contributed by atoms with van der Waals surface area (Å²) in [6, 6.07) is 3.29. The number of halogens is 2. The van der Waals surface area contributed by atoms with Crippen molar-refractivity contribution in [3.63, 3.8) is 0 Å². The first kappa shape index (κ1) is 18.6. The molecular weight excluding hydrogens is 353 g/mol. The van der Waals surface area contributed by atoms with Crippen LogP contribution in [0.4, 0.5) is 0 Å². The topological polar surface area (TPSA) is 57.5 Å². The summed E-state index contributed by atoms with van der Waals surface area (Å²) in [6.45, 7) is 1.96. The predicted octanol–water partition coefficient (Wildman–Crippen LogP) is 4.41. The van der Waals surface area contributed by atoms with E-state index in [1.807, 2.05) is 6.92 Å². The van der Waals surface area contributed by atoms with Gasteiger partial charge in [-0.1, -0.05) is 36.5 Å². The number of nitrogens with zero attached hydrogens (tertiary/aromatic N) is 1. The molecule has 0 atom stereocenters. The van der Waals surface area contributed by atoms with E-state index in [0.717, 1.165) is 12.8 Å². The fourth-order valence-electron chi connectivity index (χ4n) is 2.39. The zero-order valence-electron chi connectivity index (χ0n) is 13.8. The molecule has 0 aliphatic heterocycles. The SMILES string of the molecule is CCCCC(=O)COc1cc2c(cc(C(=O)OC)n2C)c(Cl)c1Cl. The van der Waals surface area contributed by atoms with Crippen LogP contribution in [-0.4, -0.2) is 30.0 Å². The van der Waals surface area contributed by atoms with Crippen molar-refractivity contribution in [3.05, 3.63) is 27.9 Å². The van der Waals surface area contributed by atoms with Crippen LogP contribution in [0, 0.1) is 0 Å². The van der Waals surface area contributed by atoms with Gasteiger partial charge >= 0.3 is 5.97 Å². The average molecular weight is 372 g/mol. The maximum absolute atomic E-state index is 11.8. The van der Waals surface area contributed by atoms with E-state index in [-0.39, 0.29) is 22.4 Å². The Labute approximate surface area is 150 Å². The lowest BCUT2D eigenvalue weighted by atomic mass is 10.2. The van der Waals surface area contributed by atoms with Crippen molar-refractivity contribution < 1.29 is 19.1 Å². The quantitative estimate of drug-likeness (QED) is 0.676. The van der Waals surface area contributed by atoms with Crippen molar-refractivity contribution >= 4 is 45.9 Å². The Balaban J connectivity index is 2.35. The Bertz CT molecular complexity index is 783. The van der Waals surface area contributed by atoms with Crippen LogP contribution in [-0.2, 0) is 16.6 Å². The first-order chi connectivity index (χ1) is 11.4. The largest absolute Gasteiger partial charge is 0.484 e. The molecule has 2 aromatic rings. The van der Waals surface area contributed by atoms with Gasteiger partial charge in [-0.25, -0.2) is 4.79 Å². The van der Waals surface area contributed by atoms with Gasteiger partial charge in [-0.2, -0.15) is 0 Å². The third-order valence-electron chi connectivity index (χ3n) is 3.79. The number of rotatable bonds is 7. The molecule has 0 aliphatic rings. The van der Waals surface area contributed by atoms with Crippen molar-refractivity contribution in [2.45, 2.75) is 26.2 Å². The second-order valence-corrected chi connectivity index (χ2v) is 6.20. The molecule has 1 aromatic heterocycles. The van der Waals surface area contributed by atoms with Crippen molar-refractivity contribution in [1.82, 2.24) is 4.57 Å². The van der Waals surface area contributed by atoms with E-state index < -0.39 is 5.97 Å². The number of aryl methyl sites for hydroxylation is 1. The number of hydrogen-bond donors (Lipinski definition) is 0. The number of carbonyl (C=O) groups is 2. The van der Waals surface area contributed by atoms with E-state index in [1.165, 1.54) is 7.11 Å². The van der Waals surface area contributed by atoms with Gasteiger partial charge in [-0.15, -0.1) is 0 Å². The highest BCUT2D eigenvalue weighted by atomic mass is 35.5. The summed E-state index contributed by atoms with van der Waals surface area (Å²) in [7, 11) is 3.03. The zero-order valence-corrected chi connectivity index (χ0v) is 15.3. The monoisotopic (exact) mass is 371 g/mol. The summed E-state index contributed by atoms with van der Waals surface area (Å²) in [4.78, 5) is 23.6. The van der Waals surface area contributed by atoms with Gasteiger partial charge in [-0.3, -0.25) is 4.79 Å². The minimum absolute atomic E-state index is 0.00580. The van der Waals surface area contributed by atoms with Crippen LogP contribution in [0.2, 0.25) is 10.0 Å². The number of fused-ring (bicyclic) bond motifs is 1. The van der Waals surface area contributed by atoms with E-state index in [0.29, 0.717) is 28.8 Å². The van der Waals surface area contributed by atoms with Gasteiger partial charge in [0.1, 0.15) is 23.1 Å². The molecule has 0 amide bonds. The molecule has 1 aromatic carbocycles. The molecule has 0 N–H and O–H groups in total. The maximum atomic E-state index is 11.8. The number of carbonyl (C=O) groups excluding carboxylic acids is 2. The molecular formula is C17H19Cl2NO4. The van der Waals surface area contributed by atoms with Crippen LogP contribution in [0.15, 0.2) is 12.1 Å². The minimum atomic E-state index is -0.474. The molecule has 130 valence electrons. The zero-order chi connectivity index (χ0) is 17.9. The highest BCUT2D eigenvalue weighted by Crippen LogP contribution is 2.39. The molecule has 0 unspecified atom stereocenters. The van der Waals surface area contributed by atoms with Gasteiger partial charge in [0.2, 0.25) is 0 Å². The Morgan fingerprint density at radius 2 is 1.92 bits per heavy atom. The Hall–Kier alpha value is -1.72. The number of hydrogen-bond acceptors (Lipinski definition) is 4. The van der Waals surface area contributed by atoms with Crippen LogP contribution in [0.5, 0.6) is 5.75 Å². The Morgan fingerprint density at radius 1 is 1.21 bits per heavy atom. The van der Waals surface area contributed by atoms with E-state index in [2.05, 4.69) is 0 Å². The molecule has 0 fully saturated rings. The molecule has 0 spiro atoms. The summed E-state index contributed by atoms with van der Waals surface area (Å²) in [5.41, 5.74) is 1.02. The van der Waals surface area contributed by atoms with Crippen molar-refractivity contribution in [2.24, 2.45) is 7.05 Å². The first-order valence-corrected chi connectivity index (χ1v) is 8.36. The average Bonchev–Trinajstić information content (AvgIpc) is 2.91. The number of Topliss-reactive ketones (excluding diaryl/α,β-unsaturated/α-hetero) is 1. The number of unbranched alkanes of at least 4 members (excludes halogenated alkanes) is 1. The highest BCUT2D eigenvalue weighted by Gasteiger charge is 2.20. The maximum Gasteiger partial charge on any atom is 0.354 e. The third-order valence-corrected chi connectivity index (χ3v) is 4.65. The van der Waals surface area contributed by atoms with Gasteiger partial charge in [0, 0.05) is 24.9 Å². The van der Waals surface area contributed by atoms with E-state index in [9.17, 15) is 9.59 Å². The summed E-state index contributed by atoms with van der Waals surface area (Å²) < 4.78 is 11.9. The molecule has 2 rings (SSSR count). The highest BCUT2D eigenvalue weighted by molar-refractivity contribution is 6.46. The summed E-state index contributed by atoms with van der Waals surface area (Å²) in [5, 5.41) is 1.11. The number of ketones is 1. The summed E-state index contributed by atoms with van der Waals surface area (Å²) in [5.74, 6) is -0.152. The van der Waals surface area contributed by atoms with Crippen LogP contribution in [0.1, 0.15) is 36.7 Å². The van der Waals surface area contributed by atoms with Gasteiger partial charge in [0.05, 0.1) is 17.6 Å². The van der Waals surface area contributed by atoms with E-state index >= 15 is 0 Å². The molecule has 1 heterocycles. The third kappa shape index (κ3) is 3.68. The molecule has 7 heteroatoms. The number of esters is 1. The fraction of sp³-hybridized carbons (Fsp3) is 0.412. The van der Waals surface area contributed by atoms with E-state index in [1.54, 1.807) is 23.7 Å². The van der Waals surface area contributed by atoms with Gasteiger partial charge in [0.25, 0.3) is 0 Å². The Morgan fingerprint density at radius 3 is 2.54 bits per heavy atom. The second kappa shape index (κ2) is 7.90. The molecule has 0 aliphatic carbocycles. The molecule has 24 heavy (non-hydrogen) atoms. The minimum Gasteiger partial charge on any atom is -0.484 e. The van der Waals surface area contributed by atoms with Crippen LogP contribution < -0.4 is 4.74 Å². The lowest BCUT2D eigenvalue weighted by Crippen LogP contribution is -2.11. The summed E-state index contributed by atoms with van der Waals surface area (Å²) in [6.07, 6.45) is 2.25. The van der Waals surface area contributed by atoms with Gasteiger partial charge in [-0.05, 0) is 12.5 Å². The first-order valence-electron chi connectivity index (χ1n) is 7.60. The summed E-state index contributed by atoms with van der Waals surface area (Å²) >= 11 is 12.5. The standard InChI is InChI=1S/C17H19Cl2NO4/c1-4-5-6-10(21)9-24-14-8-12-11(15(18)16(14)19)7-13(20(12)2)17(22)23-3/h7-8H,4-6,9H2,1-3H3. The number of benzene rings is 1. The molecule has 0 saturated heterocycles. The molecule has 5 nitrogen and oxygen atoms in total. The van der Waals surface area contributed by atoms with Crippen LogP contribution >= 0.6 is 23.2 Å². The van der Waals surface area contributed by atoms with Crippen molar-refractivity contribution in [3.8, 4) is 5.75 Å². The van der Waals surface area contributed by atoms with Crippen molar-refractivity contribution in [1.29, 1.82) is 0 Å². The van der Waals surface area contributed by atoms with Gasteiger partial charge in [0.15, 0.2) is 5.78 Å². The molecule has 0 saturated carbocycles. The lowest BCUT2D eigenvalue weighted by Gasteiger charge is -2.10. The smallest absolute Gasteiger partial charge is 0.354 e. The van der Waals surface area contributed by atoms with Crippen molar-refractivity contribution in [2.75, 3.05) is 13.7 Å². The van der Waals surface area contributed by atoms with Gasteiger partial charge < -0.3 is 14.0 Å². The van der Waals surface area contributed by atoms with Crippen LogP contribution in [0.3, 0.4) is 0 Å². The molecule has 0 bridgehead atoms. The molecule has 0 radical (unpaired) electrons. The lowest BCUT2D eigenvalue weighted by molar-refractivity contribution is -0.121. The number of aromatic nitrogens is 1. The second-order valence-electron chi connectivity index (χ2n) is 5.45. The number of methoxy groups -OCH3 is 1.